The molecule has 0 saturated heterocycles. The lowest BCUT2D eigenvalue weighted by atomic mass is 9.89. The van der Waals surface area contributed by atoms with E-state index in [1.807, 2.05) is 26.8 Å². The number of aliphatic hydroxyl groups excluding tert-OH is 1. The number of nitrogens with zero attached hydrogens (tertiary/aromatic N) is 2. The monoisotopic (exact) mass is 530 g/mol. The molecule has 0 saturated carbocycles. The summed E-state index contributed by atoms with van der Waals surface area (Å²) in [6.07, 6.45) is 2.74. The molecule has 1 aromatic heterocycles. The predicted octanol–water partition coefficient (Wildman–Crippen LogP) is 6.19. The Morgan fingerprint density at radius 3 is 2.49 bits per heavy atom. The number of aryl methyl sites for hydroxylation is 1. The molecule has 0 aliphatic rings. The number of aromatic nitrogens is 2. The SMILES string of the molecule is CCn1cc(-c2ccc(C[C@@H](CCO)CC(=O)c3ccc(OC(C)C)c(Cl)c3)cc2F)nc1C(C)(C)O. The molecule has 200 valence electrons. The van der Waals surface area contributed by atoms with E-state index in [-0.39, 0.29) is 30.8 Å². The molecule has 0 radical (unpaired) electrons. The van der Waals surface area contributed by atoms with Gasteiger partial charge in [0, 0.05) is 36.9 Å². The van der Waals surface area contributed by atoms with Crippen molar-refractivity contribution in [3.05, 3.63) is 70.4 Å². The number of ketones is 1. The smallest absolute Gasteiger partial charge is 0.163 e. The molecule has 2 aromatic carbocycles. The Labute approximate surface area is 223 Å². The second-order valence-electron chi connectivity index (χ2n) is 10.1. The minimum Gasteiger partial charge on any atom is -0.489 e. The fraction of sp³-hybridized carbons (Fsp3) is 0.448. The first-order valence-electron chi connectivity index (χ1n) is 12.6. The quantitative estimate of drug-likeness (QED) is 0.273. The zero-order valence-electron chi connectivity index (χ0n) is 22.1. The number of aliphatic hydroxyl groups is 2. The first-order valence-corrected chi connectivity index (χ1v) is 13.0. The molecule has 0 aliphatic carbocycles. The topological polar surface area (TPSA) is 84.6 Å². The van der Waals surface area contributed by atoms with Crippen LogP contribution in [0.1, 0.15) is 69.2 Å². The Hall–Kier alpha value is -2.74. The van der Waals surface area contributed by atoms with Crippen molar-refractivity contribution in [3.8, 4) is 17.0 Å². The number of benzene rings is 2. The summed E-state index contributed by atoms with van der Waals surface area (Å²) >= 11 is 6.29. The van der Waals surface area contributed by atoms with Gasteiger partial charge in [0.2, 0.25) is 0 Å². The molecule has 0 unspecified atom stereocenters. The van der Waals surface area contributed by atoms with Gasteiger partial charge in [0.1, 0.15) is 23.0 Å². The lowest BCUT2D eigenvalue weighted by Gasteiger charge is -2.17. The minimum atomic E-state index is -1.15. The highest BCUT2D eigenvalue weighted by atomic mass is 35.5. The van der Waals surface area contributed by atoms with E-state index in [1.165, 1.54) is 6.07 Å². The summed E-state index contributed by atoms with van der Waals surface area (Å²) in [4.78, 5) is 17.5. The number of ether oxygens (including phenoxy) is 1. The summed E-state index contributed by atoms with van der Waals surface area (Å²) in [5, 5.41) is 20.3. The highest BCUT2D eigenvalue weighted by molar-refractivity contribution is 6.32. The van der Waals surface area contributed by atoms with Gasteiger partial charge in [-0.15, -0.1) is 0 Å². The number of halogens is 2. The van der Waals surface area contributed by atoms with Crippen LogP contribution in [0, 0.1) is 11.7 Å². The van der Waals surface area contributed by atoms with Crippen LogP contribution in [0.5, 0.6) is 5.75 Å². The first kappa shape index (κ1) is 28.8. The Morgan fingerprint density at radius 2 is 1.95 bits per heavy atom. The van der Waals surface area contributed by atoms with Crippen LogP contribution in [0.15, 0.2) is 42.6 Å². The maximum absolute atomic E-state index is 15.2. The molecule has 6 nitrogen and oxygen atoms in total. The van der Waals surface area contributed by atoms with Gasteiger partial charge in [-0.2, -0.15) is 0 Å². The van der Waals surface area contributed by atoms with E-state index in [0.717, 1.165) is 5.56 Å². The van der Waals surface area contributed by atoms with Crippen LogP contribution in [0.2, 0.25) is 5.02 Å². The number of Topliss-reactive ketones (excluding diaryl/α,β-unsaturated/α-hetero) is 1. The zero-order valence-corrected chi connectivity index (χ0v) is 22.8. The van der Waals surface area contributed by atoms with Crippen LogP contribution in [-0.2, 0) is 18.6 Å². The summed E-state index contributed by atoms with van der Waals surface area (Å²) in [6.45, 7) is 9.55. The largest absolute Gasteiger partial charge is 0.489 e. The van der Waals surface area contributed by atoms with Crippen molar-refractivity contribution in [3.63, 3.8) is 0 Å². The van der Waals surface area contributed by atoms with Crippen molar-refractivity contribution in [1.29, 1.82) is 0 Å². The molecule has 0 aliphatic heterocycles. The molecule has 2 N–H and O–H groups in total. The summed E-state index contributed by atoms with van der Waals surface area (Å²) in [5.74, 6) is 0.294. The number of hydrogen-bond donors (Lipinski definition) is 2. The maximum atomic E-state index is 15.2. The van der Waals surface area contributed by atoms with Gasteiger partial charge in [-0.1, -0.05) is 17.7 Å². The first-order chi connectivity index (χ1) is 17.4. The van der Waals surface area contributed by atoms with E-state index in [0.29, 0.717) is 52.8 Å². The van der Waals surface area contributed by atoms with Crippen molar-refractivity contribution in [2.24, 2.45) is 5.92 Å². The van der Waals surface area contributed by atoms with Crippen molar-refractivity contribution in [2.45, 2.75) is 72.1 Å². The van der Waals surface area contributed by atoms with Gasteiger partial charge in [-0.3, -0.25) is 4.79 Å². The van der Waals surface area contributed by atoms with Crippen LogP contribution >= 0.6 is 11.6 Å². The molecule has 0 spiro atoms. The number of carbonyl (C=O) groups is 1. The van der Waals surface area contributed by atoms with E-state index in [9.17, 15) is 15.0 Å². The minimum absolute atomic E-state index is 0.0364. The molecule has 1 heterocycles. The Kier molecular flexibility index (Phi) is 9.51. The number of carbonyl (C=O) groups excluding carboxylic acids is 1. The van der Waals surface area contributed by atoms with E-state index in [1.54, 1.807) is 48.9 Å². The standard InChI is InChI=1S/C29H36ClFN2O4/c1-6-33-17-25(32-28(33)29(4,5)36)22-9-7-19(14-24(22)31)13-20(11-12-34)15-26(35)21-8-10-27(23(30)16-21)37-18(2)3/h7-10,14,16-18,20,34,36H,6,11-13,15H2,1-5H3/t20-/m1/s1. The van der Waals surface area contributed by atoms with E-state index >= 15 is 4.39 Å². The van der Waals surface area contributed by atoms with Gasteiger partial charge < -0.3 is 19.5 Å². The van der Waals surface area contributed by atoms with E-state index < -0.39 is 11.4 Å². The number of hydrogen-bond acceptors (Lipinski definition) is 5. The number of rotatable bonds is 12. The Balaban J connectivity index is 1.76. The van der Waals surface area contributed by atoms with Gasteiger partial charge in [-0.05, 0) is 89.3 Å². The fourth-order valence-corrected chi connectivity index (χ4v) is 4.59. The van der Waals surface area contributed by atoms with Gasteiger partial charge in [-0.25, -0.2) is 9.37 Å². The van der Waals surface area contributed by atoms with Crippen LogP contribution in [-0.4, -0.2) is 38.3 Å². The molecule has 8 heteroatoms. The third-order valence-corrected chi connectivity index (χ3v) is 6.42. The van der Waals surface area contributed by atoms with Crippen LogP contribution in [0.4, 0.5) is 4.39 Å². The third-order valence-electron chi connectivity index (χ3n) is 6.13. The van der Waals surface area contributed by atoms with Gasteiger partial charge in [0.05, 0.1) is 16.8 Å². The van der Waals surface area contributed by atoms with Gasteiger partial charge >= 0.3 is 0 Å². The molecular weight excluding hydrogens is 495 g/mol. The molecule has 3 rings (SSSR count). The summed E-state index contributed by atoms with van der Waals surface area (Å²) < 4.78 is 22.6. The normalized spacial score (nSPS) is 12.7. The van der Waals surface area contributed by atoms with Crippen LogP contribution in [0.3, 0.4) is 0 Å². The highest BCUT2D eigenvalue weighted by Crippen LogP contribution is 2.30. The van der Waals surface area contributed by atoms with Crippen LogP contribution < -0.4 is 4.74 Å². The van der Waals surface area contributed by atoms with Gasteiger partial charge in [0.25, 0.3) is 0 Å². The summed E-state index contributed by atoms with van der Waals surface area (Å²) in [5.41, 5.74) is 0.839. The highest BCUT2D eigenvalue weighted by Gasteiger charge is 2.25. The molecule has 0 bridgehead atoms. The summed E-state index contributed by atoms with van der Waals surface area (Å²) in [7, 11) is 0. The van der Waals surface area contributed by atoms with E-state index in [4.69, 9.17) is 16.3 Å². The molecular formula is C29H36ClFN2O4. The van der Waals surface area contributed by atoms with Crippen molar-refractivity contribution >= 4 is 17.4 Å². The van der Waals surface area contributed by atoms with E-state index in [2.05, 4.69) is 4.98 Å². The van der Waals surface area contributed by atoms with Crippen molar-refractivity contribution < 1.29 is 24.1 Å². The second kappa shape index (κ2) is 12.2. The Bertz CT molecular complexity index is 1230. The maximum Gasteiger partial charge on any atom is 0.163 e. The predicted molar refractivity (Wildman–Crippen MR) is 144 cm³/mol. The van der Waals surface area contributed by atoms with Crippen LogP contribution in [0.25, 0.3) is 11.3 Å². The summed E-state index contributed by atoms with van der Waals surface area (Å²) in [6, 6.07) is 9.92. The molecule has 0 fully saturated rings. The third kappa shape index (κ3) is 7.40. The van der Waals surface area contributed by atoms with Gasteiger partial charge in [0.15, 0.2) is 5.78 Å². The lowest BCUT2D eigenvalue weighted by Crippen LogP contribution is -2.21. The molecule has 1 atom stereocenters. The average Bonchev–Trinajstić information content (AvgIpc) is 3.25. The second-order valence-corrected chi connectivity index (χ2v) is 10.5. The van der Waals surface area contributed by atoms with Crippen molar-refractivity contribution in [2.75, 3.05) is 6.61 Å². The van der Waals surface area contributed by atoms with Crippen molar-refractivity contribution in [1.82, 2.24) is 9.55 Å². The Morgan fingerprint density at radius 1 is 1.22 bits per heavy atom. The zero-order chi connectivity index (χ0) is 27.3. The molecule has 0 amide bonds. The fourth-order valence-electron chi connectivity index (χ4n) is 4.36. The molecule has 37 heavy (non-hydrogen) atoms. The molecule has 3 aromatic rings. The average molecular weight is 531 g/mol. The number of imidazole rings is 1. The lowest BCUT2D eigenvalue weighted by molar-refractivity contribution is 0.0649.